The minimum atomic E-state index is -0.707. The van der Waals surface area contributed by atoms with E-state index in [-0.39, 0.29) is 6.61 Å². The van der Waals surface area contributed by atoms with Crippen LogP contribution in [0.15, 0.2) is 29.4 Å². The van der Waals surface area contributed by atoms with Crippen LogP contribution in [-0.2, 0) is 6.54 Å². The molecule has 0 bridgehead atoms. The maximum Gasteiger partial charge on any atom is 0.138 e. The van der Waals surface area contributed by atoms with Gasteiger partial charge in [-0.3, -0.25) is 0 Å². The van der Waals surface area contributed by atoms with Crippen LogP contribution in [0.5, 0.6) is 0 Å². The smallest absolute Gasteiger partial charge is 0.138 e. The molecule has 110 valence electrons. The van der Waals surface area contributed by atoms with Crippen molar-refractivity contribution in [2.24, 2.45) is 0 Å². The molecule has 0 aliphatic carbocycles. The molecule has 0 radical (unpaired) electrons. The second kappa shape index (κ2) is 7.64. The van der Waals surface area contributed by atoms with E-state index >= 15 is 0 Å². The van der Waals surface area contributed by atoms with Crippen molar-refractivity contribution in [2.45, 2.75) is 31.0 Å². The zero-order chi connectivity index (χ0) is 14.4. The number of hydrogen-bond acceptors (Lipinski definition) is 5. The number of thioether (sulfide) groups is 1. The fourth-order valence-electron chi connectivity index (χ4n) is 1.91. The van der Waals surface area contributed by atoms with Gasteiger partial charge in [-0.25, -0.2) is 4.98 Å². The molecule has 2 heterocycles. The molecule has 0 aliphatic heterocycles. The molecule has 2 aromatic rings. The molecule has 6 heteroatoms. The maximum atomic E-state index is 9.48. The highest BCUT2D eigenvalue weighted by molar-refractivity contribution is 7.99. The van der Waals surface area contributed by atoms with E-state index in [1.165, 1.54) is 11.8 Å². The number of aliphatic hydroxyl groups excluding tert-OH is 2. The summed E-state index contributed by atoms with van der Waals surface area (Å²) < 4.78 is 2.07. The Labute approximate surface area is 123 Å². The van der Waals surface area contributed by atoms with Crippen LogP contribution in [-0.4, -0.2) is 44.6 Å². The molecule has 0 spiro atoms. The number of pyridine rings is 1. The third-order valence-corrected chi connectivity index (χ3v) is 4.09. The van der Waals surface area contributed by atoms with Gasteiger partial charge in [0.1, 0.15) is 10.7 Å². The molecule has 1 unspecified atom stereocenters. The average Bonchev–Trinajstić information content (AvgIpc) is 2.83. The number of imidazole rings is 1. The molecule has 0 saturated carbocycles. The standard InChI is InChI=1S/C14H21N3O2S/c1-2-6-15-8-12-14(20-10-11(19)9-18)16-13-5-3-4-7-17(12)13/h3-5,7,11,15,18-19H,2,6,8-10H2,1H3. The van der Waals surface area contributed by atoms with Crippen molar-refractivity contribution in [2.75, 3.05) is 18.9 Å². The van der Waals surface area contributed by atoms with Gasteiger partial charge in [0.25, 0.3) is 0 Å². The Morgan fingerprint density at radius 2 is 2.30 bits per heavy atom. The van der Waals surface area contributed by atoms with Gasteiger partial charge < -0.3 is 19.9 Å². The predicted octanol–water partition coefficient (Wildman–Crippen LogP) is 1.28. The summed E-state index contributed by atoms with van der Waals surface area (Å²) in [5.74, 6) is 0.446. The Hall–Kier alpha value is -1.08. The van der Waals surface area contributed by atoms with Crippen LogP contribution in [0, 0.1) is 0 Å². The molecule has 0 aromatic carbocycles. The first-order valence-corrected chi connectivity index (χ1v) is 7.83. The molecule has 5 nitrogen and oxygen atoms in total. The monoisotopic (exact) mass is 295 g/mol. The minimum Gasteiger partial charge on any atom is -0.394 e. The molecule has 3 N–H and O–H groups in total. The Morgan fingerprint density at radius 3 is 3.05 bits per heavy atom. The molecule has 0 saturated heterocycles. The van der Waals surface area contributed by atoms with E-state index in [0.717, 1.165) is 35.9 Å². The second-order valence-electron chi connectivity index (χ2n) is 4.62. The summed E-state index contributed by atoms with van der Waals surface area (Å²) in [6.45, 7) is 3.62. The van der Waals surface area contributed by atoms with Crippen molar-refractivity contribution in [3.63, 3.8) is 0 Å². The third-order valence-electron chi connectivity index (χ3n) is 2.93. The number of fused-ring (bicyclic) bond motifs is 1. The first-order chi connectivity index (χ1) is 9.76. The molecule has 20 heavy (non-hydrogen) atoms. The summed E-state index contributed by atoms with van der Waals surface area (Å²) in [5.41, 5.74) is 2.01. The Morgan fingerprint density at radius 1 is 1.45 bits per heavy atom. The first-order valence-electron chi connectivity index (χ1n) is 6.84. The Bertz CT molecular complexity index is 544. The number of nitrogens with zero attached hydrogens (tertiary/aromatic N) is 2. The van der Waals surface area contributed by atoms with Crippen molar-refractivity contribution in [1.82, 2.24) is 14.7 Å². The van der Waals surface area contributed by atoms with Crippen molar-refractivity contribution in [1.29, 1.82) is 0 Å². The zero-order valence-corrected chi connectivity index (χ0v) is 12.4. The van der Waals surface area contributed by atoms with Crippen LogP contribution in [0.2, 0.25) is 0 Å². The quantitative estimate of drug-likeness (QED) is 0.505. The Balaban J connectivity index is 2.19. The molecule has 0 fully saturated rings. The van der Waals surface area contributed by atoms with E-state index in [4.69, 9.17) is 5.11 Å². The number of rotatable bonds is 8. The zero-order valence-electron chi connectivity index (χ0n) is 11.6. The highest BCUT2D eigenvalue weighted by Crippen LogP contribution is 2.24. The van der Waals surface area contributed by atoms with Gasteiger partial charge in [0.05, 0.1) is 18.4 Å². The largest absolute Gasteiger partial charge is 0.394 e. The van der Waals surface area contributed by atoms with E-state index < -0.39 is 6.10 Å². The van der Waals surface area contributed by atoms with E-state index in [9.17, 15) is 5.11 Å². The van der Waals surface area contributed by atoms with Crippen molar-refractivity contribution < 1.29 is 10.2 Å². The number of nitrogens with one attached hydrogen (secondary N) is 1. The fourth-order valence-corrected chi connectivity index (χ4v) is 2.86. The molecule has 2 rings (SSSR count). The minimum absolute atomic E-state index is 0.218. The molecule has 0 aliphatic rings. The van der Waals surface area contributed by atoms with Gasteiger partial charge in [-0.1, -0.05) is 13.0 Å². The van der Waals surface area contributed by atoms with Gasteiger partial charge in [0, 0.05) is 18.5 Å². The number of hydrogen-bond donors (Lipinski definition) is 3. The molecule has 0 amide bonds. The lowest BCUT2D eigenvalue weighted by Gasteiger charge is -2.08. The van der Waals surface area contributed by atoms with Crippen molar-refractivity contribution in [3.05, 3.63) is 30.1 Å². The summed E-state index contributed by atoms with van der Waals surface area (Å²) in [4.78, 5) is 4.59. The van der Waals surface area contributed by atoms with E-state index in [1.54, 1.807) is 0 Å². The van der Waals surface area contributed by atoms with Gasteiger partial charge in [0.2, 0.25) is 0 Å². The Kier molecular flexibility index (Phi) is 5.85. The second-order valence-corrected chi connectivity index (χ2v) is 5.63. The van der Waals surface area contributed by atoms with Crippen LogP contribution < -0.4 is 5.32 Å². The number of aromatic nitrogens is 2. The highest BCUT2D eigenvalue weighted by Gasteiger charge is 2.13. The average molecular weight is 295 g/mol. The molecular weight excluding hydrogens is 274 g/mol. The third kappa shape index (κ3) is 3.73. The number of aliphatic hydroxyl groups is 2. The van der Waals surface area contributed by atoms with Crippen LogP contribution in [0.4, 0.5) is 0 Å². The predicted molar refractivity (Wildman–Crippen MR) is 81.0 cm³/mol. The van der Waals surface area contributed by atoms with Crippen molar-refractivity contribution >= 4 is 17.4 Å². The summed E-state index contributed by atoms with van der Waals surface area (Å²) in [7, 11) is 0. The van der Waals surface area contributed by atoms with E-state index in [0.29, 0.717) is 5.75 Å². The normalized spacial score (nSPS) is 12.9. The maximum absolute atomic E-state index is 9.48. The molecular formula is C14H21N3O2S. The van der Waals surface area contributed by atoms with E-state index in [1.807, 2.05) is 24.4 Å². The van der Waals surface area contributed by atoms with Gasteiger partial charge in [-0.05, 0) is 25.1 Å². The fraction of sp³-hybridized carbons (Fsp3) is 0.500. The summed E-state index contributed by atoms with van der Waals surface area (Å²) in [6, 6.07) is 5.91. The van der Waals surface area contributed by atoms with Gasteiger partial charge >= 0.3 is 0 Å². The van der Waals surface area contributed by atoms with Gasteiger partial charge in [-0.15, -0.1) is 11.8 Å². The molecule has 2 aromatic heterocycles. The lowest BCUT2D eigenvalue weighted by molar-refractivity contribution is 0.113. The summed E-state index contributed by atoms with van der Waals surface area (Å²) in [6.07, 6.45) is 2.38. The molecule has 1 atom stereocenters. The highest BCUT2D eigenvalue weighted by atomic mass is 32.2. The van der Waals surface area contributed by atoms with E-state index in [2.05, 4.69) is 21.6 Å². The van der Waals surface area contributed by atoms with Crippen LogP contribution >= 0.6 is 11.8 Å². The van der Waals surface area contributed by atoms with Crippen LogP contribution in [0.1, 0.15) is 19.0 Å². The lowest BCUT2D eigenvalue weighted by atomic mass is 10.4. The van der Waals surface area contributed by atoms with Gasteiger partial charge in [0.15, 0.2) is 0 Å². The first kappa shape index (κ1) is 15.3. The SMILES string of the molecule is CCCNCc1c(SCC(O)CO)nc2ccccn12. The van der Waals surface area contributed by atoms with Gasteiger partial charge in [-0.2, -0.15) is 0 Å². The van der Waals surface area contributed by atoms with Crippen LogP contribution in [0.3, 0.4) is 0 Å². The van der Waals surface area contributed by atoms with Crippen molar-refractivity contribution in [3.8, 4) is 0 Å². The lowest BCUT2D eigenvalue weighted by Crippen LogP contribution is -2.17. The van der Waals surface area contributed by atoms with Crippen LogP contribution in [0.25, 0.3) is 5.65 Å². The summed E-state index contributed by atoms with van der Waals surface area (Å²) >= 11 is 1.48. The summed E-state index contributed by atoms with van der Waals surface area (Å²) in [5, 5.41) is 22.7. The topological polar surface area (TPSA) is 69.8 Å².